The van der Waals surface area contributed by atoms with Gasteiger partial charge >= 0.3 is 6.16 Å². The molecule has 0 saturated carbocycles. The Bertz CT molecular complexity index is 323. The molecule has 0 radical (unpaired) electrons. The quantitative estimate of drug-likeness (QED) is 0.429. The van der Waals surface area contributed by atoms with Gasteiger partial charge in [-0.2, -0.15) is 0 Å². The summed E-state index contributed by atoms with van der Waals surface area (Å²) in [6.45, 7) is 4.32. The zero-order valence-corrected chi connectivity index (χ0v) is 9.85. The van der Waals surface area contributed by atoms with Gasteiger partial charge in [-0.25, -0.2) is 9.78 Å². The number of nitrogens with zero attached hydrogens (tertiary/aromatic N) is 1. The number of H-pyrrole nitrogens is 1. The fourth-order valence-electron chi connectivity index (χ4n) is 1.26. The van der Waals surface area contributed by atoms with E-state index in [1.165, 1.54) is 0 Å². The number of aromatic nitrogens is 2. The monoisotopic (exact) mass is 238 g/mol. The molecule has 5 nitrogen and oxygen atoms in total. The Balaban J connectivity index is 1.95. The average molecular weight is 238 g/mol. The van der Waals surface area contributed by atoms with Gasteiger partial charge < -0.3 is 14.5 Å². The van der Waals surface area contributed by atoms with Crippen LogP contribution < -0.4 is 0 Å². The zero-order chi connectivity index (χ0) is 12.3. The van der Waals surface area contributed by atoms with Crippen molar-refractivity contribution in [3.8, 4) is 0 Å². The lowest BCUT2D eigenvalue weighted by atomic mass is 10.3. The van der Waals surface area contributed by atoms with Gasteiger partial charge in [0.15, 0.2) is 0 Å². The normalized spacial score (nSPS) is 9.88. The summed E-state index contributed by atoms with van der Waals surface area (Å²) in [7, 11) is 0. The van der Waals surface area contributed by atoms with Gasteiger partial charge in [0.1, 0.15) is 0 Å². The summed E-state index contributed by atoms with van der Waals surface area (Å²) in [6, 6.07) is 0. The number of hydrogen-bond acceptors (Lipinski definition) is 4. The molecule has 5 heteroatoms. The maximum atomic E-state index is 11.1. The van der Waals surface area contributed by atoms with Crippen LogP contribution in [-0.2, 0) is 15.9 Å². The predicted octanol–water partition coefficient (Wildman–Crippen LogP) is 2.46. The molecule has 0 aliphatic heterocycles. The summed E-state index contributed by atoms with van der Waals surface area (Å²) in [6.07, 6.45) is 7.77. The molecule has 0 atom stereocenters. The van der Waals surface area contributed by atoms with Crippen molar-refractivity contribution in [3.63, 3.8) is 0 Å². The van der Waals surface area contributed by atoms with E-state index in [0.29, 0.717) is 13.2 Å². The van der Waals surface area contributed by atoms with Crippen LogP contribution in [0.2, 0.25) is 0 Å². The molecule has 0 aliphatic rings. The van der Waals surface area contributed by atoms with Gasteiger partial charge in [0.05, 0.1) is 19.5 Å². The second-order valence-electron chi connectivity index (χ2n) is 3.56. The zero-order valence-electron chi connectivity index (χ0n) is 9.85. The summed E-state index contributed by atoms with van der Waals surface area (Å²) in [4.78, 5) is 18.0. The lowest BCUT2D eigenvalue weighted by Gasteiger charge is -2.05. The summed E-state index contributed by atoms with van der Waals surface area (Å²) in [5.41, 5.74) is 1.04. The van der Waals surface area contributed by atoms with Crippen LogP contribution >= 0.6 is 0 Å². The first-order valence-corrected chi connectivity index (χ1v) is 5.70. The van der Waals surface area contributed by atoms with Crippen LogP contribution in [0.5, 0.6) is 0 Å². The fourth-order valence-corrected chi connectivity index (χ4v) is 1.26. The first-order chi connectivity index (χ1) is 8.33. The van der Waals surface area contributed by atoms with Crippen LogP contribution in [0.1, 0.15) is 25.0 Å². The van der Waals surface area contributed by atoms with E-state index in [1.807, 2.05) is 0 Å². The van der Waals surface area contributed by atoms with Gasteiger partial charge in [-0.15, -0.1) is 6.58 Å². The molecule has 0 amide bonds. The minimum Gasteiger partial charge on any atom is -0.434 e. The highest BCUT2D eigenvalue weighted by atomic mass is 16.7. The van der Waals surface area contributed by atoms with Crippen LogP contribution in [0.25, 0.3) is 0 Å². The van der Waals surface area contributed by atoms with E-state index in [9.17, 15) is 4.79 Å². The van der Waals surface area contributed by atoms with Gasteiger partial charge in [0.2, 0.25) is 0 Å². The molecule has 17 heavy (non-hydrogen) atoms. The van der Waals surface area contributed by atoms with E-state index >= 15 is 0 Å². The highest BCUT2D eigenvalue weighted by Crippen LogP contribution is 1.98. The molecule has 1 aromatic heterocycles. The number of nitrogens with one attached hydrogen (secondary N) is 1. The highest BCUT2D eigenvalue weighted by molar-refractivity contribution is 5.59. The maximum Gasteiger partial charge on any atom is 0.508 e. The third-order valence-electron chi connectivity index (χ3n) is 2.14. The third kappa shape index (κ3) is 6.40. The van der Waals surface area contributed by atoms with Crippen molar-refractivity contribution in [1.29, 1.82) is 0 Å². The number of carbonyl (C=O) groups is 1. The standard InChI is InChI=1S/C12H18N2O3/c1-2-3-4-7-16-12(15)17-8-5-6-11-9-13-10-14-11/h2,9-10H,1,3-8H2,(H,13,14). The number of rotatable bonds is 8. The first-order valence-electron chi connectivity index (χ1n) is 5.70. The number of aryl methyl sites for hydroxylation is 1. The minimum absolute atomic E-state index is 0.360. The molecule has 1 aromatic rings. The Morgan fingerprint density at radius 3 is 2.82 bits per heavy atom. The molecule has 0 bridgehead atoms. The summed E-state index contributed by atoms with van der Waals surface area (Å²) < 4.78 is 9.75. The smallest absolute Gasteiger partial charge is 0.434 e. The number of allylic oxidation sites excluding steroid dienone is 1. The van der Waals surface area contributed by atoms with Gasteiger partial charge in [-0.3, -0.25) is 0 Å². The number of ether oxygens (including phenoxy) is 2. The Morgan fingerprint density at radius 1 is 1.41 bits per heavy atom. The molecule has 1 heterocycles. The van der Waals surface area contributed by atoms with E-state index in [2.05, 4.69) is 16.5 Å². The lowest BCUT2D eigenvalue weighted by molar-refractivity contribution is 0.0540. The lowest BCUT2D eigenvalue weighted by Crippen LogP contribution is -2.09. The Hall–Kier alpha value is -1.78. The van der Waals surface area contributed by atoms with Crippen molar-refractivity contribution in [2.24, 2.45) is 0 Å². The van der Waals surface area contributed by atoms with Crippen LogP contribution in [0.3, 0.4) is 0 Å². The SMILES string of the molecule is C=CCCCOC(=O)OCCCc1cnc[nH]1. The number of imidazole rings is 1. The van der Waals surface area contributed by atoms with E-state index in [4.69, 9.17) is 9.47 Å². The predicted molar refractivity (Wildman–Crippen MR) is 63.6 cm³/mol. The summed E-state index contributed by atoms with van der Waals surface area (Å²) in [5.74, 6) is 0. The molecule has 1 N–H and O–H groups in total. The number of unbranched alkanes of at least 4 members (excludes halogenated alkanes) is 1. The number of hydrogen-bond donors (Lipinski definition) is 1. The van der Waals surface area contributed by atoms with Crippen molar-refractivity contribution in [3.05, 3.63) is 30.9 Å². The van der Waals surface area contributed by atoms with E-state index in [0.717, 1.165) is 31.4 Å². The Labute approximate surface area is 101 Å². The third-order valence-corrected chi connectivity index (χ3v) is 2.14. The Kier molecular flexibility index (Phi) is 6.55. The van der Waals surface area contributed by atoms with Crippen molar-refractivity contribution in [2.45, 2.75) is 25.7 Å². The van der Waals surface area contributed by atoms with Crippen molar-refractivity contribution in [1.82, 2.24) is 9.97 Å². The molecule has 0 aliphatic carbocycles. The first kappa shape index (κ1) is 13.3. The van der Waals surface area contributed by atoms with Gasteiger partial charge in [0, 0.05) is 11.9 Å². The molecule has 0 spiro atoms. The molecular weight excluding hydrogens is 220 g/mol. The second kappa shape index (κ2) is 8.38. The van der Waals surface area contributed by atoms with Crippen LogP contribution in [0, 0.1) is 0 Å². The molecule has 0 aromatic carbocycles. The van der Waals surface area contributed by atoms with Crippen molar-refractivity contribution in [2.75, 3.05) is 13.2 Å². The van der Waals surface area contributed by atoms with Crippen LogP contribution in [0.4, 0.5) is 4.79 Å². The molecule has 0 saturated heterocycles. The summed E-state index contributed by atoms with van der Waals surface area (Å²) >= 11 is 0. The number of aromatic amines is 1. The van der Waals surface area contributed by atoms with Gasteiger partial charge in [-0.05, 0) is 25.7 Å². The molecule has 0 unspecified atom stereocenters. The highest BCUT2D eigenvalue weighted by Gasteiger charge is 2.03. The number of carbonyl (C=O) groups excluding carboxylic acids is 1. The van der Waals surface area contributed by atoms with Crippen LogP contribution in [0.15, 0.2) is 25.2 Å². The Morgan fingerprint density at radius 2 is 2.18 bits per heavy atom. The molecule has 94 valence electrons. The second-order valence-corrected chi connectivity index (χ2v) is 3.56. The largest absolute Gasteiger partial charge is 0.508 e. The molecule has 0 fully saturated rings. The summed E-state index contributed by atoms with van der Waals surface area (Å²) in [5, 5.41) is 0. The fraction of sp³-hybridized carbons (Fsp3) is 0.500. The van der Waals surface area contributed by atoms with Crippen molar-refractivity contribution >= 4 is 6.16 Å². The van der Waals surface area contributed by atoms with E-state index in [1.54, 1.807) is 18.6 Å². The van der Waals surface area contributed by atoms with Crippen molar-refractivity contribution < 1.29 is 14.3 Å². The molecular formula is C12H18N2O3. The topological polar surface area (TPSA) is 64.2 Å². The minimum atomic E-state index is -0.598. The molecule has 1 rings (SSSR count). The van der Waals surface area contributed by atoms with Gasteiger partial charge in [-0.1, -0.05) is 6.08 Å². The van der Waals surface area contributed by atoms with Gasteiger partial charge in [0.25, 0.3) is 0 Å². The van der Waals surface area contributed by atoms with E-state index in [-0.39, 0.29) is 0 Å². The van der Waals surface area contributed by atoms with Crippen LogP contribution in [-0.4, -0.2) is 29.3 Å². The average Bonchev–Trinajstić information content (AvgIpc) is 2.83. The van der Waals surface area contributed by atoms with E-state index < -0.39 is 6.16 Å². The maximum absolute atomic E-state index is 11.1.